The predicted molar refractivity (Wildman–Crippen MR) is 156 cm³/mol. The number of halogens is 1. The molecule has 2 aromatic carbocycles. The number of thiazole rings is 1. The molecule has 2 aromatic heterocycles. The van der Waals surface area contributed by atoms with Gasteiger partial charge in [0.05, 0.1) is 21.1 Å². The molecule has 2 atom stereocenters. The number of fused-ring (bicyclic) bond motifs is 1. The molecule has 1 saturated carbocycles. The van der Waals surface area contributed by atoms with Crippen LogP contribution in [0.25, 0.3) is 21.3 Å². The normalized spacial score (nSPS) is 19.0. The van der Waals surface area contributed by atoms with Crippen LogP contribution in [0.2, 0.25) is 0 Å². The summed E-state index contributed by atoms with van der Waals surface area (Å²) in [5, 5.41) is 8.94. The Hall–Kier alpha value is -3.15. The molecule has 0 spiro atoms. The SMILES string of the molecule is Cc1nc(Oc2c(C)c(F)c(NS(=O)C3(C)CC3)c3ccccc23)c(-c2ccnc(NC3CCCNC3)n2)s1. The van der Waals surface area contributed by atoms with Gasteiger partial charge in [-0.15, -0.1) is 11.3 Å². The Morgan fingerprint density at radius 2 is 1.97 bits per heavy atom. The standard InChI is InChI=1S/C28H31FN6O2S2/c1-16-22(29)23(35-39(36)28(3)11-12-28)19-8-4-5-9-20(19)24(16)37-26-25(38-17(2)32-26)21-10-14-31-27(34-21)33-18-7-6-13-30-15-18/h4-5,8-10,14,18,30,35H,6-7,11-13,15H2,1-3H3,(H,31,33,34). The molecule has 3 heterocycles. The van der Waals surface area contributed by atoms with Crippen molar-refractivity contribution in [2.75, 3.05) is 23.1 Å². The average Bonchev–Trinajstić information content (AvgIpc) is 3.59. The molecule has 2 unspecified atom stereocenters. The van der Waals surface area contributed by atoms with Crippen molar-refractivity contribution < 1.29 is 13.3 Å². The molecule has 0 bridgehead atoms. The van der Waals surface area contributed by atoms with Crippen LogP contribution in [0.5, 0.6) is 11.6 Å². The lowest BCUT2D eigenvalue weighted by molar-refractivity contribution is 0.463. The molecule has 39 heavy (non-hydrogen) atoms. The molecular weight excluding hydrogens is 535 g/mol. The molecular formula is C28H31FN6O2S2. The zero-order chi connectivity index (χ0) is 27.1. The monoisotopic (exact) mass is 566 g/mol. The number of ether oxygens (including phenoxy) is 1. The Balaban J connectivity index is 1.35. The van der Waals surface area contributed by atoms with Crippen molar-refractivity contribution in [1.82, 2.24) is 20.3 Å². The van der Waals surface area contributed by atoms with E-state index in [1.165, 1.54) is 11.3 Å². The van der Waals surface area contributed by atoms with E-state index in [0.29, 0.717) is 39.6 Å². The number of nitrogens with zero attached hydrogens (tertiary/aromatic N) is 3. The highest BCUT2D eigenvalue weighted by Gasteiger charge is 2.44. The zero-order valence-corrected chi connectivity index (χ0v) is 23.8. The second kappa shape index (κ2) is 10.4. The number of nitrogens with one attached hydrogen (secondary N) is 3. The Kier molecular flexibility index (Phi) is 6.98. The maximum atomic E-state index is 15.8. The number of hydrogen-bond donors (Lipinski definition) is 3. The van der Waals surface area contributed by atoms with Crippen molar-refractivity contribution in [2.45, 2.75) is 57.2 Å². The molecule has 2 aliphatic rings. The fourth-order valence-corrected chi connectivity index (χ4v) is 6.68. The van der Waals surface area contributed by atoms with Crippen LogP contribution in [0.3, 0.4) is 0 Å². The van der Waals surface area contributed by atoms with E-state index in [2.05, 4.69) is 25.3 Å². The van der Waals surface area contributed by atoms with Crippen LogP contribution in [-0.4, -0.2) is 43.0 Å². The number of aryl methyl sites for hydroxylation is 1. The summed E-state index contributed by atoms with van der Waals surface area (Å²) in [6, 6.07) is 9.52. The molecule has 11 heteroatoms. The summed E-state index contributed by atoms with van der Waals surface area (Å²) in [5.74, 6) is 0.816. The second-order valence-electron chi connectivity index (χ2n) is 10.4. The van der Waals surface area contributed by atoms with Gasteiger partial charge < -0.3 is 20.1 Å². The van der Waals surface area contributed by atoms with Crippen molar-refractivity contribution in [3.05, 3.63) is 52.9 Å². The first kappa shape index (κ1) is 26.1. The molecule has 0 amide bonds. The summed E-state index contributed by atoms with van der Waals surface area (Å²) >= 11 is 1.47. The minimum absolute atomic E-state index is 0.236. The second-order valence-corrected chi connectivity index (χ2v) is 13.4. The van der Waals surface area contributed by atoms with Crippen LogP contribution in [0.4, 0.5) is 16.0 Å². The summed E-state index contributed by atoms with van der Waals surface area (Å²) in [6.07, 6.45) is 5.61. The average molecular weight is 567 g/mol. The van der Waals surface area contributed by atoms with Crippen LogP contribution < -0.4 is 20.1 Å². The van der Waals surface area contributed by atoms with Crippen LogP contribution in [0, 0.1) is 19.7 Å². The summed E-state index contributed by atoms with van der Waals surface area (Å²) < 4.78 is 37.8. The van der Waals surface area contributed by atoms with Gasteiger partial charge in [-0.05, 0) is 59.1 Å². The van der Waals surface area contributed by atoms with Crippen LogP contribution in [-0.2, 0) is 11.0 Å². The van der Waals surface area contributed by atoms with Crippen molar-refractivity contribution in [3.63, 3.8) is 0 Å². The molecule has 1 saturated heterocycles. The summed E-state index contributed by atoms with van der Waals surface area (Å²) in [4.78, 5) is 14.5. The maximum Gasteiger partial charge on any atom is 0.240 e. The minimum atomic E-state index is -1.39. The Bertz CT molecular complexity index is 1570. The quantitative estimate of drug-likeness (QED) is 0.237. The summed E-state index contributed by atoms with van der Waals surface area (Å²) in [5.41, 5.74) is 1.24. The number of hydrogen-bond acceptors (Lipinski definition) is 8. The van der Waals surface area contributed by atoms with Crippen molar-refractivity contribution in [2.24, 2.45) is 0 Å². The molecule has 8 nitrogen and oxygen atoms in total. The van der Waals surface area contributed by atoms with Gasteiger partial charge >= 0.3 is 0 Å². The van der Waals surface area contributed by atoms with E-state index in [0.717, 1.165) is 48.7 Å². The van der Waals surface area contributed by atoms with E-state index in [1.807, 2.05) is 44.2 Å². The topological polar surface area (TPSA) is 101 Å². The fourth-order valence-electron chi connectivity index (χ4n) is 4.76. The molecule has 0 radical (unpaired) electrons. The smallest absolute Gasteiger partial charge is 0.240 e. The number of rotatable bonds is 8. The van der Waals surface area contributed by atoms with Crippen LogP contribution in [0.1, 0.15) is 43.2 Å². The molecule has 4 aromatic rings. The third kappa shape index (κ3) is 5.22. The molecule has 6 rings (SSSR count). The number of benzene rings is 2. The Labute approximate surface area is 233 Å². The summed E-state index contributed by atoms with van der Waals surface area (Å²) in [7, 11) is -1.39. The van der Waals surface area contributed by atoms with Crippen molar-refractivity contribution in [1.29, 1.82) is 0 Å². The van der Waals surface area contributed by atoms with Gasteiger partial charge in [-0.3, -0.25) is 0 Å². The van der Waals surface area contributed by atoms with E-state index in [1.54, 1.807) is 13.1 Å². The van der Waals surface area contributed by atoms with E-state index < -0.39 is 16.8 Å². The van der Waals surface area contributed by atoms with E-state index >= 15 is 4.39 Å². The van der Waals surface area contributed by atoms with E-state index in [4.69, 9.17) is 9.72 Å². The van der Waals surface area contributed by atoms with Crippen LogP contribution >= 0.6 is 11.3 Å². The van der Waals surface area contributed by atoms with Gasteiger partial charge in [0.25, 0.3) is 0 Å². The first-order chi connectivity index (χ1) is 18.8. The van der Waals surface area contributed by atoms with Crippen molar-refractivity contribution >= 4 is 44.7 Å². The number of aromatic nitrogens is 3. The highest BCUT2D eigenvalue weighted by atomic mass is 32.2. The van der Waals surface area contributed by atoms with E-state index in [9.17, 15) is 4.21 Å². The Morgan fingerprint density at radius 1 is 1.18 bits per heavy atom. The largest absolute Gasteiger partial charge is 0.436 e. The van der Waals surface area contributed by atoms with Gasteiger partial charge in [0.15, 0.2) is 5.82 Å². The molecule has 3 N–H and O–H groups in total. The van der Waals surface area contributed by atoms with Crippen LogP contribution in [0.15, 0.2) is 36.5 Å². The van der Waals surface area contributed by atoms with Gasteiger partial charge in [-0.2, -0.15) is 0 Å². The number of piperidine rings is 1. The van der Waals surface area contributed by atoms with Gasteiger partial charge in [0, 0.05) is 35.1 Å². The lowest BCUT2D eigenvalue weighted by Crippen LogP contribution is -2.38. The van der Waals surface area contributed by atoms with Gasteiger partial charge in [-0.25, -0.2) is 23.6 Å². The van der Waals surface area contributed by atoms with Gasteiger partial charge in [-0.1, -0.05) is 24.3 Å². The molecule has 1 aliphatic heterocycles. The third-order valence-electron chi connectivity index (χ3n) is 7.35. The highest BCUT2D eigenvalue weighted by Crippen LogP contribution is 2.46. The first-order valence-electron chi connectivity index (χ1n) is 13.2. The third-order valence-corrected chi connectivity index (χ3v) is 10.0. The van der Waals surface area contributed by atoms with Gasteiger partial charge in [0.2, 0.25) is 11.8 Å². The highest BCUT2D eigenvalue weighted by molar-refractivity contribution is 7.88. The van der Waals surface area contributed by atoms with Gasteiger partial charge in [0.1, 0.15) is 21.6 Å². The van der Waals surface area contributed by atoms with E-state index in [-0.39, 0.29) is 16.5 Å². The lowest BCUT2D eigenvalue weighted by Gasteiger charge is -2.23. The maximum absolute atomic E-state index is 15.8. The van der Waals surface area contributed by atoms with Crippen molar-refractivity contribution in [3.8, 4) is 22.2 Å². The Morgan fingerprint density at radius 3 is 2.72 bits per heavy atom. The minimum Gasteiger partial charge on any atom is -0.436 e. The lowest BCUT2D eigenvalue weighted by atomic mass is 10.0. The summed E-state index contributed by atoms with van der Waals surface area (Å²) in [6.45, 7) is 7.43. The number of anilines is 2. The fraction of sp³-hybridized carbons (Fsp3) is 0.393. The zero-order valence-electron chi connectivity index (χ0n) is 22.1. The molecule has 204 valence electrons. The molecule has 1 aliphatic carbocycles. The molecule has 2 fully saturated rings. The first-order valence-corrected chi connectivity index (χ1v) is 15.1. The predicted octanol–water partition coefficient (Wildman–Crippen LogP) is 6.09.